The van der Waals surface area contributed by atoms with E-state index in [1.807, 2.05) is 24.3 Å². The van der Waals surface area contributed by atoms with E-state index in [1.165, 1.54) is 11.1 Å². The Hall–Kier alpha value is -2.66. The van der Waals surface area contributed by atoms with Crippen LogP contribution >= 0.6 is 0 Å². The molecular formula is C22H25N3O2. The van der Waals surface area contributed by atoms with Crippen LogP contribution in [0.2, 0.25) is 0 Å². The van der Waals surface area contributed by atoms with Crippen molar-refractivity contribution in [1.29, 1.82) is 0 Å². The van der Waals surface area contributed by atoms with Gasteiger partial charge in [-0.1, -0.05) is 42.0 Å². The average Bonchev–Trinajstić information content (AvgIpc) is 2.67. The van der Waals surface area contributed by atoms with E-state index in [2.05, 4.69) is 41.4 Å². The van der Waals surface area contributed by atoms with E-state index >= 15 is 0 Å². The van der Waals surface area contributed by atoms with E-state index in [0.717, 1.165) is 43.9 Å². The van der Waals surface area contributed by atoms with Crippen LogP contribution in [0.1, 0.15) is 24.0 Å². The SMILES string of the molecule is Cc1cccc(CN2CCC(C(=O)N3CC(=O)Nc4ccccc43)CC2)c1. The number of aryl methyl sites for hydroxylation is 1. The molecule has 0 aromatic heterocycles. The van der Waals surface area contributed by atoms with E-state index < -0.39 is 0 Å². The highest BCUT2D eigenvalue weighted by Gasteiger charge is 2.33. The van der Waals surface area contributed by atoms with E-state index in [9.17, 15) is 9.59 Å². The molecule has 2 aliphatic rings. The number of hydrogen-bond donors (Lipinski definition) is 1. The third kappa shape index (κ3) is 3.88. The zero-order valence-corrected chi connectivity index (χ0v) is 15.6. The van der Waals surface area contributed by atoms with Crippen LogP contribution < -0.4 is 10.2 Å². The van der Waals surface area contributed by atoms with Crippen LogP contribution in [0.25, 0.3) is 0 Å². The first-order valence-electron chi connectivity index (χ1n) is 9.58. The Labute approximate surface area is 160 Å². The number of hydrogen-bond acceptors (Lipinski definition) is 3. The number of carbonyl (C=O) groups excluding carboxylic acids is 2. The molecule has 5 nitrogen and oxygen atoms in total. The quantitative estimate of drug-likeness (QED) is 0.911. The largest absolute Gasteiger partial charge is 0.323 e. The number of piperidine rings is 1. The van der Waals surface area contributed by atoms with Gasteiger partial charge >= 0.3 is 0 Å². The van der Waals surface area contributed by atoms with Gasteiger partial charge in [0.1, 0.15) is 6.54 Å². The minimum atomic E-state index is -0.126. The number of fused-ring (bicyclic) bond motifs is 1. The lowest BCUT2D eigenvalue weighted by Crippen LogP contribution is -2.47. The lowest BCUT2D eigenvalue weighted by Gasteiger charge is -2.36. The van der Waals surface area contributed by atoms with Crippen LogP contribution in [0.5, 0.6) is 0 Å². The zero-order chi connectivity index (χ0) is 18.8. The van der Waals surface area contributed by atoms with Gasteiger partial charge in [0.15, 0.2) is 0 Å². The third-order valence-electron chi connectivity index (χ3n) is 5.46. The Morgan fingerprint density at radius 3 is 2.67 bits per heavy atom. The molecule has 1 fully saturated rings. The fourth-order valence-corrected chi connectivity index (χ4v) is 4.06. The molecule has 0 atom stereocenters. The highest BCUT2D eigenvalue weighted by molar-refractivity contribution is 6.10. The van der Waals surface area contributed by atoms with E-state index in [1.54, 1.807) is 4.90 Å². The number of carbonyl (C=O) groups is 2. The van der Waals surface area contributed by atoms with Gasteiger partial charge in [-0.2, -0.15) is 0 Å². The van der Waals surface area contributed by atoms with Crippen molar-refractivity contribution < 1.29 is 9.59 Å². The Morgan fingerprint density at radius 2 is 1.89 bits per heavy atom. The van der Waals surface area contributed by atoms with E-state index in [-0.39, 0.29) is 24.3 Å². The Morgan fingerprint density at radius 1 is 1.11 bits per heavy atom. The molecular weight excluding hydrogens is 338 g/mol. The molecule has 0 aliphatic carbocycles. The molecule has 2 aliphatic heterocycles. The smallest absolute Gasteiger partial charge is 0.244 e. The molecule has 2 aromatic rings. The Balaban J connectivity index is 1.40. The van der Waals surface area contributed by atoms with Crippen molar-refractivity contribution in [3.8, 4) is 0 Å². The second-order valence-corrected chi connectivity index (χ2v) is 7.53. The first kappa shape index (κ1) is 17.7. The maximum Gasteiger partial charge on any atom is 0.244 e. The highest BCUT2D eigenvalue weighted by Crippen LogP contribution is 2.32. The molecule has 0 radical (unpaired) electrons. The van der Waals surface area contributed by atoms with Gasteiger partial charge in [0.2, 0.25) is 11.8 Å². The molecule has 140 valence electrons. The van der Waals surface area contributed by atoms with Gasteiger partial charge in [0, 0.05) is 12.5 Å². The minimum absolute atomic E-state index is 0.0160. The molecule has 27 heavy (non-hydrogen) atoms. The standard InChI is InChI=1S/C22H25N3O2/c1-16-5-4-6-17(13-16)14-24-11-9-18(10-12-24)22(27)25-15-21(26)23-19-7-2-3-8-20(19)25/h2-8,13,18H,9-12,14-15H2,1H3,(H,23,26). The van der Waals surface area contributed by atoms with Gasteiger partial charge in [0.25, 0.3) is 0 Å². The number of rotatable bonds is 3. The van der Waals surface area contributed by atoms with Crippen LogP contribution in [0.3, 0.4) is 0 Å². The normalized spacial score (nSPS) is 18.1. The van der Waals surface area contributed by atoms with Crippen LogP contribution in [0.15, 0.2) is 48.5 Å². The Bertz CT molecular complexity index is 856. The number of amides is 2. The van der Waals surface area contributed by atoms with Crippen LogP contribution in [0, 0.1) is 12.8 Å². The van der Waals surface area contributed by atoms with Crippen molar-refractivity contribution >= 4 is 23.2 Å². The van der Waals surface area contributed by atoms with Gasteiger partial charge in [-0.25, -0.2) is 0 Å². The number of anilines is 2. The van der Waals surface area contributed by atoms with Gasteiger partial charge < -0.3 is 10.2 Å². The van der Waals surface area contributed by atoms with Crippen molar-refractivity contribution in [2.24, 2.45) is 5.92 Å². The molecule has 4 rings (SSSR count). The predicted octanol–water partition coefficient (Wildman–Crippen LogP) is 3.19. The van der Waals surface area contributed by atoms with Crippen molar-refractivity contribution in [2.75, 3.05) is 29.9 Å². The monoisotopic (exact) mass is 363 g/mol. The molecule has 0 spiro atoms. The molecule has 5 heteroatoms. The van der Waals surface area contributed by atoms with Gasteiger partial charge in [0.05, 0.1) is 11.4 Å². The maximum absolute atomic E-state index is 13.1. The molecule has 2 amide bonds. The maximum atomic E-state index is 13.1. The number of nitrogens with one attached hydrogen (secondary N) is 1. The number of likely N-dealkylation sites (tertiary alicyclic amines) is 1. The molecule has 0 bridgehead atoms. The molecule has 2 aromatic carbocycles. The van der Waals surface area contributed by atoms with Gasteiger partial charge in [-0.05, 0) is 50.6 Å². The summed E-state index contributed by atoms with van der Waals surface area (Å²) in [6, 6.07) is 16.1. The summed E-state index contributed by atoms with van der Waals surface area (Å²) in [7, 11) is 0. The van der Waals surface area contributed by atoms with Crippen molar-refractivity contribution in [3.63, 3.8) is 0 Å². The summed E-state index contributed by atoms with van der Waals surface area (Å²) in [4.78, 5) is 29.2. The number of para-hydroxylation sites is 2. The summed E-state index contributed by atoms with van der Waals surface area (Å²) in [5.74, 6) is -0.0656. The van der Waals surface area contributed by atoms with E-state index in [4.69, 9.17) is 0 Å². The molecule has 0 unspecified atom stereocenters. The van der Waals surface area contributed by atoms with Crippen molar-refractivity contribution in [2.45, 2.75) is 26.3 Å². The molecule has 2 heterocycles. The lowest BCUT2D eigenvalue weighted by molar-refractivity contribution is -0.125. The summed E-state index contributed by atoms with van der Waals surface area (Å²) in [5.41, 5.74) is 4.13. The Kier molecular flexibility index (Phi) is 4.94. The predicted molar refractivity (Wildman–Crippen MR) is 107 cm³/mol. The van der Waals surface area contributed by atoms with Crippen LogP contribution in [-0.2, 0) is 16.1 Å². The van der Waals surface area contributed by atoms with E-state index in [0.29, 0.717) is 0 Å². The molecule has 1 N–H and O–H groups in total. The summed E-state index contributed by atoms with van der Waals surface area (Å²) >= 11 is 0. The summed E-state index contributed by atoms with van der Waals surface area (Å²) < 4.78 is 0. The fourth-order valence-electron chi connectivity index (χ4n) is 4.06. The zero-order valence-electron chi connectivity index (χ0n) is 15.6. The van der Waals surface area contributed by atoms with Crippen molar-refractivity contribution in [3.05, 3.63) is 59.7 Å². The first-order chi connectivity index (χ1) is 13.1. The second-order valence-electron chi connectivity index (χ2n) is 7.53. The van der Waals surface area contributed by atoms with Gasteiger partial charge in [-0.3, -0.25) is 14.5 Å². The molecule has 0 saturated carbocycles. The number of benzene rings is 2. The van der Waals surface area contributed by atoms with Crippen LogP contribution in [-0.4, -0.2) is 36.3 Å². The van der Waals surface area contributed by atoms with Crippen LogP contribution in [0.4, 0.5) is 11.4 Å². The number of nitrogens with zero attached hydrogens (tertiary/aromatic N) is 2. The summed E-state index contributed by atoms with van der Waals surface area (Å²) in [6.07, 6.45) is 1.68. The summed E-state index contributed by atoms with van der Waals surface area (Å²) in [6.45, 7) is 4.97. The van der Waals surface area contributed by atoms with Crippen molar-refractivity contribution in [1.82, 2.24) is 4.90 Å². The summed E-state index contributed by atoms with van der Waals surface area (Å²) in [5, 5.41) is 2.85. The third-order valence-corrected chi connectivity index (χ3v) is 5.46. The topological polar surface area (TPSA) is 52.7 Å². The second kappa shape index (κ2) is 7.53. The minimum Gasteiger partial charge on any atom is -0.323 e. The first-order valence-corrected chi connectivity index (χ1v) is 9.58. The highest BCUT2D eigenvalue weighted by atomic mass is 16.2. The van der Waals surface area contributed by atoms with Gasteiger partial charge in [-0.15, -0.1) is 0 Å². The lowest BCUT2D eigenvalue weighted by atomic mass is 9.94. The molecule has 1 saturated heterocycles. The fraction of sp³-hybridized carbons (Fsp3) is 0.364. The average molecular weight is 363 g/mol.